The van der Waals surface area contributed by atoms with Crippen molar-refractivity contribution in [3.05, 3.63) is 42.0 Å². The van der Waals surface area contributed by atoms with Crippen LogP contribution in [0.25, 0.3) is 0 Å². The van der Waals surface area contributed by atoms with Gasteiger partial charge in [-0.25, -0.2) is 10.8 Å². The van der Waals surface area contributed by atoms with Crippen molar-refractivity contribution in [2.75, 3.05) is 12.0 Å². The number of nitrogens with one attached hydrogen (secondary N) is 1. The van der Waals surface area contributed by atoms with E-state index in [1.54, 1.807) is 12.3 Å². The Kier molecular flexibility index (Phi) is 4.70. The second-order valence-electron chi connectivity index (χ2n) is 5.73. The minimum absolute atomic E-state index is 0.175. The van der Waals surface area contributed by atoms with Gasteiger partial charge in [0.05, 0.1) is 6.61 Å². The second kappa shape index (κ2) is 6.49. The predicted octanol–water partition coefficient (Wildman–Crippen LogP) is 2.08. The standard InChI is InChI=1S/C15H21N5O/c1-15(2,3)14-18-12(20-16)10-13(19-14)21-9-7-11-6-4-5-8-17-11/h4-6,8,10H,7,9,16H2,1-3H3,(H,18,19,20). The van der Waals surface area contributed by atoms with E-state index in [4.69, 9.17) is 10.6 Å². The Morgan fingerprint density at radius 2 is 2.05 bits per heavy atom. The molecule has 6 nitrogen and oxygen atoms in total. The summed E-state index contributed by atoms with van der Waals surface area (Å²) < 4.78 is 5.70. The summed E-state index contributed by atoms with van der Waals surface area (Å²) in [5, 5.41) is 0. The first-order chi connectivity index (χ1) is 9.99. The number of hydrogen-bond donors (Lipinski definition) is 2. The fraction of sp³-hybridized carbons (Fsp3) is 0.400. The molecule has 0 saturated carbocycles. The highest BCUT2D eigenvalue weighted by atomic mass is 16.5. The van der Waals surface area contributed by atoms with Crippen LogP contribution in [0.5, 0.6) is 5.88 Å². The molecule has 21 heavy (non-hydrogen) atoms. The van der Waals surface area contributed by atoms with E-state index in [2.05, 4.69) is 20.4 Å². The Balaban J connectivity index is 2.05. The van der Waals surface area contributed by atoms with Crippen LogP contribution in [0.15, 0.2) is 30.5 Å². The molecule has 0 aromatic carbocycles. The number of hydrazine groups is 1. The molecule has 2 rings (SSSR count). The summed E-state index contributed by atoms with van der Waals surface area (Å²) in [7, 11) is 0. The van der Waals surface area contributed by atoms with Crippen LogP contribution in [-0.4, -0.2) is 21.6 Å². The SMILES string of the molecule is CC(C)(C)c1nc(NN)cc(OCCc2ccccn2)n1. The molecule has 0 aliphatic rings. The fourth-order valence-electron chi connectivity index (χ4n) is 1.71. The highest BCUT2D eigenvalue weighted by molar-refractivity contribution is 5.38. The first kappa shape index (κ1) is 15.2. The van der Waals surface area contributed by atoms with Crippen molar-refractivity contribution < 1.29 is 4.74 Å². The van der Waals surface area contributed by atoms with Gasteiger partial charge in [-0.3, -0.25) is 4.98 Å². The van der Waals surface area contributed by atoms with Gasteiger partial charge >= 0.3 is 0 Å². The number of aromatic nitrogens is 3. The van der Waals surface area contributed by atoms with Gasteiger partial charge in [-0.1, -0.05) is 26.8 Å². The van der Waals surface area contributed by atoms with Crippen molar-refractivity contribution in [1.82, 2.24) is 15.0 Å². The summed E-state index contributed by atoms with van der Waals surface area (Å²) in [5.74, 6) is 7.19. The van der Waals surface area contributed by atoms with Crippen molar-refractivity contribution in [2.24, 2.45) is 5.84 Å². The van der Waals surface area contributed by atoms with E-state index in [9.17, 15) is 0 Å². The van der Waals surface area contributed by atoms with Crippen LogP contribution in [-0.2, 0) is 11.8 Å². The highest BCUT2D eigenvalue weighted by Gasteiger charge is 2.19. The highest BCUT2D eigenvalue weighted by Crippen LogP contribution is 2.22. The summed E-state index contributed by atoms with van der Waals surface area (Å²) in [6.07, 6.45) is 2.50. The third-order valence-corrected chi connectivity index (χ3v) is 2.86. The number of pyridine rings is 1. The minimum atomic E-state index is -0.175. The Morgan fingerprint density at radius 1 is 1.24 bits per heavy atom. The van der Waals surface area contributed by atoms with Crippen molar-refractivity contribution in [3.8, 4) is 5.88 Å². The Bertz CT molecular complexity index is 580. The third kappa shape index (κ3) is 4.39. The number of nitrogens with zero attached hydrogens (tertiary/aromatic N) is 3. The van der Waals surface area contributed by atoms with Gasteiger partial charge in [-0.2, -0.15) is 4.98 Å². The smallest absolute Gasteiger partial charge is 0.218 e. The topological polar surface area (TPSA) is 86.0 Å². The molecule has 0 spiro atoms. The van der Waals surface area contributed by atoms with E-state index >= 15 is 0 Å². The van der Waals surface area contributed by atoms with Gasteiger partial charge in [-0.05, 0) is 12.1 Å². The molecule has 0 aliphatic heterocycles. The van der Waals surface area contributed by atoms with Gasteiger partial charge in [0.15, 0.2) is 0 Å². The van der Waals surface area contributed by atoms with Crippen molar-refractivity contribution in [2.45, 2.75) is 32.6 Å². The molecule has 0 bridgehead atoms. The quantitative estimate of drug-likeness (QED) is 0.647. The maximum atomic E-state index is 5.70. The predicted molar refractivity (Wildman–Crippen MR) is 82.0 cm³/mol. The maximum Gasteiger partial charge on any atom is 0.218 e. The molecule has 2 heterocycles. The molecule has 0 atom stereocenters. The largest absolute Gasteiger partial charge is 0.477 e. The molecule has 0 amide bonds. The third-order valence-electron chi connectivity index (χ3n) is 2.86. The van der Waals surface area contributed by atoms with Crippen molar-refractivity contribution in [3.63, 3.8) is 0 Å². The van der Waals surface area contributed by atoms with Gasteiger partial charge in [0.2, 0.25) is 5.88 Å². The fourth-order valence-corrected chi connectivity index (χ4v) is 1.71. The number of rotatable bonds is 5. The summed E-state index contributed by atoms with van der Waals surface area (Å²) in [6, 6.07) is 7.51. The number of nitrogen functional groups attached to an aromatic ring is 1. The van der Waals surface area contributed by atoms with Crippen molar-refractivity contribution >= 4 is 5.82 Å². The van der Waals surface area contributed by atoms with Crippen LogP contribution in [0.1, 0.15) is 32.3 Å². The molecule has 0 saturated heterocycles. The zero-order valence-electron chi connectivity index (χ0n) is 12.6. The molecule has 0 aliphatic carbocycles. The van der Waals surface area contributed by atoms with E-state index in [0.717, 1.165) is 12.1 Å². The van der Waals surface area contributed by atoms with Crippen LogP contribution in [0.4, 0.5) is 5.82 Å². The lowest BCUT2D eigenvalue weighted by molar-refractivity contribution is 0.304. The van der Waals surface area contributed by atoms with Gasteiger partial charge in [-0.15, -0.1) is 0 Å². The first-order valence-electron chi connectivity index (χ1n) is 6.88. The molecule has 0 fully saturated rings. The monoisotopic (exact) mass is 287 g/mol. The van der Waals surface area contributed by atoms with Crippen molar-refractivity contribution in [1.29, 1.82) is 0 Å². The molecule has 112 valence electrons. The Hall–Kier alpha value is -2.21. The summed E-state index contributed by atoms with van der Waals surface area (Å²) in [6.45, 7) is 6.63. The number of ether oxygens (including phenoxy) is 1. The Morgan fingerprint density at radius 3 is 2.67 bits per heavy atom. The molecule has 2 aromatic rings. The molecule has 0 unspecified atom stereocenters. The maximum absolute atomic E-state index is 5.70. The van der Waals surface area contributed by atoms with Crippen LogP contribution in [0.3, 0.4) is 0 Å². The Labute approximate surface area is 124 Å². The molecule has 6 heteroatoms. The van der Waals surface area contributed by atoms with E-state index in [1.807, 2.05) is 39.0 Å². The second-order valence-corrected chi connectivity index (χ2v) is 5.73. The van der Waals surface area contributed by atoms with Crippen LogP contribution < -0.4 is 16.0 Å². The molecule has 0 radical (unpaired) electrons. The zero-order chi connectivity index (χ0) is 15.3. The normalized spacial score (nSPS) is 11.2. The van der Waals surface area contributed by atoms with E-state index in [1.165, 1.54) is 0 Å². The summed E-state index contributed by atoms with van der Waals surface area (Å²) >= 11 is 0. The van der Waals surface area contributed by atoms with E-state index < -0.39 is 0 Å². The lowest BCUT2D eigenvalue weighted by Gasteiger charge is -2.18. The summed E-state index contributed by atoms with van der Waals surface area (Å²) in [4.78, 5) is 13.0. The molecule has 2 aromatic heterocycles. The van der Waals surface area contributed by atoms with Gasteiger partial charge in [0.25, 0.3) is 0 Å². The molecule has 3 N–H and O–H groups in total. The van der Waals surface area contributed by atoms with E-state index in [-0.39, 0.29) is 5.41 Å². The molecular weight excluding hydrogens is 266 g/mol. The lowest BCUT2D eigenvalue weighted by atomic mass is 9.96. The number of hydrogen-bond acceptors (Lipinski definition) is 6. The zero-order valence-corrected chi connectivity index (χ0v) is 12.6. The first-order valence-corrected chi connectivity index (χ1v) is 6.88. The van der Waals surface area contributed by atoms with E-state index in [0.29, 0.717) is 24.1 Å². The van der Waals surface area contributed by atoms with Gasteiger partial charge < -0.3 is 10.2 Å². The summed E-state index contributed by atoms with van der Waals surface area (Å²) in [5.41, 5.74) is 3.36. The average molecular weight is 287 g/mol. The lowest BCUT2D eigenvalue weighted by Crippen LogP contribution is -2.19. The van der Waals surface area contributed by atoms with Gasteiger partial charge in [0, 0.05) is 29.8 Å². The average Bonchev–Trinajstić information content (AvgIpc) is 2.47. The number of nitrogens with two attached hydrogens (primary N) is 1. The molecular formula is C15H21N5O. The van der Waals surface area contributed by atoms with Crippen LogP contribution >= 0.6 is 0 Å². The van der Waals surface area contributed by atoms with Gasteiger partial charge in [0.1, 0.15) is 11.6 Å². The number of anilines is 1. The minimum Gasteiger partial charge on any atom is -0.477 e. The van der Waals surface area contributed by atoms with Crippen LogP contribution in [0.2, 0.25) is 0 Å². The van der Waals surface area contributed by atoms with Crippen LogP contribution in [0, 0.1) is 0 Å².